The Morgan fingerprint density at radius 3 is 2.68 bits per heavy atom. The number of carbonyl (C=O) groups is 1. The van der Waals surface area contributed by atoms with Gasteiger partial charge in [0.15, 0.2) is 11.9 Å². The molecule has 8 nitrogen and oxygen atoms in total. The number of aromatic nitrogens is 2. The molecule has 0 saturated heterocycles. The molecule has 1 aromatic carbocycles. The maximum absolute atomic E-state index is 12.8. The van der Waals surface area contributed by atoms with Crippen molar-refractivity contribution in [2.24, 2.45) is 23.5 Å². The third-order valence-electron chi connectivity index (χ3n) is 7.96. The van der Waals surface area contributed by atoms with Crippen molar-refractivity contribution in [3.8, 4) is 0 Å². The van der Waals surface area contributed by atoms with Crippen LogP contribution in [0.2, 0.25) is 5.02 Å². The monoisotopic (exact) mass is 538 g/mol. The zero-order chi connectivity index (χ0) is 26.3. The van der Waals surface area contributed by atoms with E-state index in [2.05, 4.69) is 20.6 Å². The van der Waals surface area contributed by atoms with Crippen molar-refractivity contribution in [2.45, 2.75) is 50.4 Å². The Morgan fingerprint density at radius 1 is 1.22 bits per heavy atom. The van der Waals surface area contributed by atoms with Crippen LogP contribution in [-0.4, -0.2) is 63.8 Å². The molecule has 12 heteroatoms. The number of rotatable bonds is 7. The summed E-state index contributed by atoms with van der Waals surface area (Å²) in [5.41, 5.74) is 8.51. The minimum Gasteiger partial charge on any atom is -0.382 e. The molecule has 2 saturated carbocycles. The van der Waals surface area contributed by atoms with Crippen molar-refractivity contribution in [3.05, 3.63) is 40.5 Å². The highest BCUT2D eigenvalue weighted by Crippen LogP contribution is 2.49. The average molecular weight is 539 g/mol. The molecule has 5 rings (SSSR count). The molecule has 37 heavy (non-hydrogen) atoms. The first kappa shape index (κ1) is 26.0. The number of anilines is 3. The predicted molar refractivity (Wildman–Crippen MR) is 134 cm³/mol. The van der Waals surface area contributed by atoms with Crippen LogP contribution in [0.3, 0.4) is 0 Å². The Morgan fingerprint density at radius 2 is 1.95 bits per heavy atom. The second-order valence-corrected chi connectivity index (χ2v) is 10.7. The van der Waals surface area contributed by atoms with Crippen molar-refractivity contribution < 1.29 is 23.1 Å². The molecule has 5 atom stereocenters. The summed E-state index contributed by atoms with van der Waals surface area (Å²) in [6.45, 7) is 0.424. The van der Waals surface area contributed by atoms with Gasteiger partial charge in [0, 0.05) is 31.4 Å². The Labute approximate surface area is 217 Å². The van der Waals surface area contributed by atoms with Crippen LogP contribution in [0, 0.1) is 17.8 Å². The number of nitrogens with two attached hydrogens (primary N) is 1. The Hall–Kier alpha value is -2.63. The summed E-state index contributed by atoms with van der Waals surface area (Å²) in [6.07, 6.45) is -1.30. The van der Waals surface area contributed by atoms with Gasteiger partial charge in [-0.25, -0.2) is 4.98 Å². The van der Waals surface area contributed by atoms with Gasteiger partial charge in [0.1, 0.15) is 5.02 Å². The minimum atomic E-state index is -4.62. The normalized spacial score (nSPS) is 26.4. The van der Waals surface area contributed by atoms with Crippen LogP contribution >= 0.6 is 11.6 Å². The van der Waals surface area contributed by atoms with Crippen LogP contribution < -0.4 is 16.4 Å². The quantitative estimate of drug-likeness (QED) is 0.426. The fraction of sp³-hybridized carbons (Fsp3) is 0.560. The lowest BCUT2D eigenvalue weighted by molar-refractivity contribution is -0.208. The summed E-state index contributed by atoms with van der Waals surface area (Å²) < 4.78 is 38.3. The van der Waals surface area contributed by atoms with Crippen molar-refractivity contribution in [3.63, 3.8) is 0 Å². The summed E-state index contributed by atoms with van der Waals surface area (Å²) >= 11 is 6.37. The lowest BCUT2D eigenvalue weighted by Crippen LogP contribution is -2.42. The van der Waals surface area contributed by atoms with Gasteiger partial charge in [-0.3, -0.25) is 9.69 Å². The number of halogens is 4. The number of aliphatic hydroxyl groups is 1. The number of benzene rings is 1. The molecular weight excluding hydrogens is 509 g/mol. The molecule has 5 unspecified atom stereocenters. The van der Waals surface area contributed by atoms with E-state index in [4.69, 9.17) is 17.3 Å². The first-order valence-corrected chi connectivity index (χ1v) is 12.9. The maximum Gasteiger partial charge on any atom is 0.415 e. The number of amides is 1. The van der Waals surface area contributed by atoms with E-state index in [0.717, 1.165) is 36.1 Å². The zero-order valence-electron chi connectivity index (χ0n) is 20.1. The van der Waals surface area contributed by atoms with E-state index in [-0.39, 0.29) is 17.9 Å². The second-order valence-electron chi connectivity index (χ2n) is 10.3. The standard InChI is InChI=1S/C25H30ClF3N6O2/c26-18-11-31-24(34-23(18)33-21-16-2-1-15(9-16)20(21)22(30)37)32-17-4-3-13-5-7-35(8-6-14(13)10-17)12-19(36)25(27,28)29/h3-4,10-11,15-16,19-21,36H,1-2,5-9,12H2,(H2,30,37)(H2,31,32,33,34). The molecular formula is C25H30ClF3N6O2. The molecule has 2 heterocycles. The van der Waals surface area contributed by atoms with Gasteiger partial charge >= 0.3 is 6.18 Å². The SMILES string of the molecule is NC(=O)C1C2CCC(C2)C1Nc1nc(Nc2ccc3c(c2)CCN(CC(O)C(F)(F)F)CC3)ncc1Cl. The number of hydrogen-bond donors (Lipinski definition) is 4. The summed E-state index contributed by atoms with van der Waals surface area (Å²) in [7, 11) is 0. The lowest BCUT2D eigenvalue weighted by Gasteiger charge is -2.30. The van der Waals surface area contributed by atoms with Gasteiger partial charge in [-0.2, -0.15) is 18.2 Å². The van der Waals surface area contributed by atoms with Crippen LogP contribution in [0.25, 0.3) is 0 Å². The predicted octanol–water partition coefficient (Wildman–Crippen LogP) is 3.51. The average Bonchev–Trinajstić information content (AvgIpc) is 3.38. The van der Waals surface area contributed by atoms with E-state index < -0.39 is 18.8 Å². The highest BCUT2D eigenvalue weighted by Gasteiger charge is 2.50. The van der Waals surface area contributed by atoms with E-state index >= 15 is 0 Å². The lowest BCUT2D eigenvalue weighted by atomic mass is 9.84. The van der Waals surface area contributed by atoms with E-state index in [1.165, 1.54) is 6.20 Å². The molecule has 0 radical (unpaired) electrons. The van der Waals surface area contributed by atoms with Crippen molar-refractivity contribution in [1.29, 1.82) is 0 Å². The zero-order valence-corrected chi connectivity index (χ0v) is 20.9. The molecule has 1 amide bonds. The molecule has 1 aromatic heterocycles. The molecule has 2 fully saturated rings. The summed E-state index contributed by atoms with van der Waals surface area (Å²) in [5, 5.41) is 16.3. The third kappa shape index (κ3) is 5.63. The maximum atomic E-state index is 12.8. The van der Waals surface area contributed by atoms with Crippen LogP contribution in [0.4, 0.5) is 30.6 Å². The van der Waals surface area contributed by atoms with E-state index in [1.54, 1.807) is 4.90 Å². The smallest absolute Gasteiger partial charge is 0.382 e. The summed E-state index contributed by atoms with van der Waals surface area (Å²) in [4.78, 5) is 22.5. The third-order valence-corrected chi connectivity index (χ3v) is 8.24. The van der Waals surface area contributed by atoms with Crippen molar-refractivity contribution >= 4 is 35.0 Å². The Balaban J connectivity index is 1.26. The number of primary amides is 1. The van der Waals surface area contributed by atoms with Gasteiger partial charge < -0.3 is 21.5 Å². The Bertz CT molecular complexity index is 1170. The summed E-state index contributed by atoms with van der Waals surface area (Å²) in [5.74, 6) is 0.870. The van der Waals surface area contributed by atoms with Gasteiger partial charge in [-0.05, 0) is 67.2 Å². The second kappa shape index (κ2) is 10.3. The summed E-state index contributed by atoms with van der Waals surface area (Å²) in [6, 6.07) is 5.66. The first-order chi connectivity index (χ1) is 17.6. The molecule has 200 valence electrons. The molecule has 3 aliphatic rings. The van der Waals surface area contributed by atoms with Crippen molar-refractivity contribution in [2.75, 3.05) is 30.3 Å². The number of β-amino-alcohol motifs (C(OH)–C–C–N with tert-alkyl or cyclic N) is 1. The fourth-order valence-electron chi connectivity index (χ4n) is 6.10. The number of hydrogen-bond acceptors (Lipinski definition) is 7. The molecule has 5 N–H and O–H groups in total. The van der Waals surface area contributed by atoms with Crippen LogP contribution in [0.15, 0.2) is 24.4 Å². The highest BCUT2D eigenvalue weighted by atomic mass is 35.5. The van der Waals surface area contributed by atoms with Crippen LogP contribution in [0.5, 0.6) is 0 Å². The van der Waals surface area contributed by atoms with E-state index in [0.29, 0.717) is 54.6 Å². The van der Waals surface area contributed by atoms with Crippen molar-refractivity contribution in [1.82, 2.24) is 14.9 Å². The molecule has 2 bridgehead atoms. The van der Waals surface area contributed by atoms with Gasteiger partial charge in [0.2, 0.25) is 11.9 Å². The minimum absolute atomic E-state index is 0.109. The number of aliphatic hydroxyl groups excluding tert-OH is 1. The van der Waals surface area contributed by atoms with Gasteiger partial charge in [0.25, 0.3) is 0 Å². The number of carbonyl (C=O) groups excluding carboxylic acids is 1. The van der Waals surface area contributed by atoms with Crippen LogP contribution in [0.1, 0.15) is 30.4 Å². The van der Waals surface area contributed by atoms with E-state index in [1.807, 2.05) is 18.2 Å². The molecule has 0 spiro atoms. The first-order valence-electron chi connectivity index (χ1n) is 12.5. The topological polar surface area (TPSA) is 116 Å². The number of nitrogens with one attached hydrogen (secondary N) is 2. The molecule has 2 aliphatic carbocycles. The van der Waals surface area contributed by atoms with Gasteiger partial charge in [-0.15, -0.1) is 0 Å². The van der Waals surface area contributed by atoms with E-state index in [9.17, 15) is 23.1 Å². The number of alkyl halides is 3. The van der Waals surface area contributed by atoms with Gasteiger partial charge in [-0.1, -0.05) is 17.7 Å². The highest BCUT2D eigenvalue weighted by molar-refractivity contribution is 6.32. The number of fused-ring (bicyclic) bond motifs is 3. The molecule has 2 aromatic rings. The van der Waals surface area contributed by atoms with Crippen LogP contribution in [-0.2, 0) is 17.6 Å². The fourth-order valence-corrected chi connectivity index (χ4v) is 6.25. The largest absolute Gasteiger partial charge is 0.415 e. The van der Waals surface area contributed by atoms with Gasteiger partial charge in [0.05, 0.1) is 12.1 Å². The Kier molecular flexibility index (Phi) is 7.21. The molecule has 1 aliphatic heterocycles. The number of nitrogens with zero attached hydrogens (tertiary/aromatic N) is 3.